The number of carbonyl (C=O) groups is 2. The maximum Gasteiger partial charge on any atom is 0.270 e. The lowest BCUT2D eigenvalue weighted by Gasteiger charge is -2.24. The Morgan fingerprint density at radius 1 is 1.41 bits per heavy atom. The molecule has 27 heavy (non-hydrogen) atoms. The van der Waals surface area contributed by atoms with Crippen LogP contribution in [-0.2, 0) is 4.79 Å². The van der Waals surface area contributed by atoms with E-state index in [1.165, 1.54) is 24.3 Å². The smallest absolute Gasteiger partial charge is 0.270 e. The van der Waals surface area contributed by atoms with Crippen molar-refractivity contribution in [2.24, 2.45) is 11.7 Å². The molecule has 1 aliphatic rings. The van der Waals surface area contributed by atoms with Crippen LogP contribution in [-0.4, -0.2) is 47.4 Å². The Bertz CT molecular complexity index is 685. The first-order valence-corrected chi connectivity index (χ1v) is 10.4. The van der Waals surface area contributed by atoms with E-state index in [4.69, 9.17) is 5.73 Å². The van der Waals surface area contributed by atoms with Crippen LogP contribution in [0.5, 0.6) is 0 Å². The molecule has 0 aliphatic heterocycles. The van der Waals surface area contributed by atoms with Crippen LogP contribution in [0.25, 0.3) is 0 Å². The van der Waals surface area contributed by atoms with E-state index >= 15 is 0 Å². The van der Waals surface area contributed by atoms with E-state index in [0.717, 1.165) is 19.3 Å². The van der Waals surface area contributed by atoms with Crippen molar-refractivity contribution in [3.8, 4) is 0 Å². The number of nitrogens with two attached hydrogens (primary N) is 1. The Kier molecular flexibility index (Phi) is 8.05. The fraction of sp³-hybridized carbons (Fsp3) is 0.556. The summed E-state index contributed by atoms with van der Waals surface area (Å²) in [6, 6.07) is 4.82. The van der Waals surface area contributed by atoms with Crippen LogP contribution in [0.3, 0.4) is 0 Å². The summed E-state index contributed by atoms with van der Waals surface area (Å²) in [5, 5.41) is 16.6. The van der Waals surface area contributed by atoms with Gasteiger partial charge in [-0.15, -0.1) is 0 Å². The number of nitrogens with zero attached hydrogens (tertiary/aromatic N) is 1. The number of rotatable bonds is 9. The molecule has 1 aliphatic carbocycles. The van der Waals surface area contributed by atoms with Crippen molar-refractivity contribution in [1.82, 2.24) is 10.6 Å². The third-order valence-corrected chi connectivity index (χ3v) is 5.49. The van der Waals surface area contributed by atoms with Crippen LogP contribution in [0.15, 0.2) is 24.3 Å². The minimum Gasteiger partial charge on any atom is -0.351 e. The number of nitro groups is 1. The molecule has 0 radical (unpaired) electrons. The maximum absolute atomic E-state index is 12.7. The van der Waals surface area contributed by atoms with Gasteiger partial charge < -0.3 is 16.4 Å². The number of amides is 2. The largest absolute Gasteiger partial charge is 0.351 e. The molecular formula is C18H26N4O4S. The highest BCUT2D eigenvalue weighted by atomic mass is 32.2. The van der Waals surface area contributed by atoms with Crippen LogP contribution in [0.1, 0.15) is 36.0 Å². The molecule has 1 aromatic carbocycles. The molecule has 0 aromatic heterocycles. The molecule has 8 nitrogen and oxygen atoms in total. The molecule has 0 saturated heterocycles. The summed E-state index contributed by atoms with van der Waals surface area (Å²) in [4.78, 5) is 35.6. The Hall–Kier alpha value is -2.13. The summed E-state index contributed by atoms with van der Waals surface area (Å²) in [6.45, 7) is 0.528. The third kappa shape index (κ3) is 5.93. The first-order valence-electron chi connectivity index (χ1n) is 9.01. The number of non-ortho nitro benzene ring substituents is 1. The zero-order chi connectivity index (χ0) is 19.8. The van der Waals surface area contributed by atoms with E-state index in [2.05, 4.69) is 10.6 Å². The number of nitrogens with one attached hydrogen (secondary N) is 2. The molecule has 3 atom stereocenters. The number of carbonyl (C=O) groups excluding carboxylic acids is 2. The number of benzene rings is 1. The van der Waals surface area contributed by atoms with Crippen molar-refractivity contribution in [3.05, 3.63) is 39.9 Å². The van der Waals surface area contributed by atoms with Gasteiger partial charge in [-0.3, -0.25) is 19.7 Å². The second-order valence-electron chi connectivity index (χ2n) is 6.66. The molecule has 1 fully saturated rings. The Balaban J connectivity index is 2.06. The molecule has 148 valence electrons. The topological polar surface area (TPSA) is 127 Å². The highest BCUT2D eigenvalue weighted by Crippen LogP contribution is 2.24. The molecule has 2 rings (SSSR count). The zero-order valence-corrected chi connectivity index (χ0v) is 16.2. The molecule has 0 bridgehead atoms. The summed E-state index contributed by atoms with van der Waals surface area (Å²) in [5.41, 5.74) is 5.77. The van der Waals surface area contributed by atoms with Gasteiger partial charge in [-0.1, -0.05) is 12.5 Å². The fourth-order valence-corrected chi connectivity index (χ4v) is 3.77. The summed E-state index contributed by atoms with van der Waals surface area (Å²) >= 11 is 1.58. The highest BCUT2D eigenvalue weighted by molar-refractivity contribution is 7.98. The number of hydrogen-bond acceptors (Lipinski definition) is 6. The predicted octanol–water partition coefficient (Wildman–Crippen LogP) is 1.69. The lowest BCUT2D eigenvalue weighted by molar-refractivity contribution is -0.384. The molecule has 1 aromatic rings. The summed E-state index contributed by atoms with van der Waals surface area (Å²) in [6.07, 6.45) is 5.33. The van der Waals surface area contributed by atoms with Gasteiger partial charge in [0, 0.05) is 23.7 Å². The lowest BCUT2D eigenvalue weighted by atomic mass is 10.0. The van der Waals surface area contributed by atoms with Gasteiger partial charge in [-0.05, 0) is 49.8 Å². The first-order chi connectivity index (χ1) is 13.0. The van der Waals surface area contributed by atoms with Gasteiger partial charge in [0.1, 0.15) is 6.04 Å². The van der Waals surface area contributed by atoms with E-state index < -0.39 is 16.9 Å². The quantitative estimate of drug-likeness (QED) is 0.432. The number of thioether (sulfide) groups is 1. The maximum atomic E-state index is 12.7. The monoisotopic (exact) mass is 394 g/mol. The van der Waals surface area contributed by atoms with Crippen molar-refractivity contribution in [2.45, 2.75) is 37.8 Å². The Morgan fingerprint density at radius 2 is 2.19 bits per heavy atom. The van der Waals surface area contributed by atoms with Crippen LogP contribution in [0, 0.1) is 16.0 Å². The molecule has 1 saturated carbocycles. The molecule has 3 unspecified atom stereocenters. The van der Waals surface area contributed by atoms with E-state index in [9.17, 15) is 19.7 Å². The van der Waals surface area contributed by atoms with Crippen LogP contribution in [0.4, 0.5) is 5.69 Å². The molecular weight excluding hydrogens is 368 g/mol. The van der Waals surface area contributed by atoms with Gasteiger partial charge in [0.2, 0.25) is 5.91 Å². The standard InChI is InChI=1S/C18H26N4O4S/c1-27-9-8-16(18(24)20-15-7-3-5-13(15)11-19)21-17(23)12-4-2-6-14(10-12)22(25)26/h2,4,6,10,13,15-16H,3,5,7-9,11,19H2,1H3,(H,20,24)(H,21,23). The second-order valence-corrected chi connectivity index (χ2v) is 7.64. The molecule has 0 heterocycles. The third-order valence-electron chi connectivity index (χ3n) is 4.84. The van der Waals surface area contributed by atoms with Gasteiger partial charge in [0.15, 0.2) is 0 Å². The van der Waals surface area contributed by atoms with E-state index in [1.807, 2.05) is 6.26 Å². The lowest BCUT2D eigenvalue weighted by Crippen LogP contribution is -2.51. The minimum atomic E-state index is -0.691. The van der Waals surface area contributed by atoms with Gasteiger partial charge in [0.05, 0.1) is 4.92 Å². The molecule has 2 amide bonds. The Morgan fingerprint density at radius 3 is 2.85 bits per heavy atom. The van der Waals surface area contributed by atoms with Crippen molar-refractivity contribution < 1.29 is 14.5 Å². The van der Waals surface area contributed by atoms with Crippen LogP contribution >= 0.6 is 11.8 Å². The van der Waals surface area contributed by atoms with Crippen molar-refractivity contribution in [1.29, 1.82) is 0 Å². The van der Waals surface area contributed by atoms with E-state index in [-0.39, 0.29) is 29.1 Å². The molecule has 9 heteroatoms. The second kappa shape index (κ2) is 10.3. The van der Waals surface area contributed by atoms with E-state index in [1.54, 1.807) is 11.8 Å². The fourth-order valence-electron chi connectivity index (χ4n) is 3.30. The number of nitro benzene ring substituents is 1. The van der Waals surface area contributed by atoms with Gasteiger partial charge >= 0.3 is 0 Å². The summed E-state index contributed by atoms with van der Waals surface area (Å²) in [7, 11) is 0. The van der Waals surface area contributed by atoms with Crippen molar-refractivity contribution >= 4 is 29.3 Å². The summed E-state index contributed by atoms with van der Waals surface area (Å²) in [5.74, 6) is 0.246. The summed E-state index contributed by atoms with van der Waals surface area (Å²) < 4.78 is 0. The van der Waals surface area contributed by atoms with Crippen molar-refractivity contribution in [3.63, 3.8) is 0 Å². The minimum absolute atomic E-state index is 0.0361. The zero-order valence-electron chi connectivity index (χ0n) is 15.3. The Labute approximate surface area is 162 Å². The van der Waals surface area contributed by atoms with E-state index in [0.29, 0.717) is 18.7 Å². The average Bonchev–Trinajstić information content (AvgIpc) is 3.11. The average molecular weight is 394 g/mol. The van der Waals surface area contributed by atoms with Gasteiger partial charge in [-0.2, -0.15) is 11.8 Å². The van der Waals surface area contributed by atoms with Gasteiger partial charge in [0.25, 0.3) is 11.6 Å². The van der Waals surface area contributed by atoms with Crippen molar-refractivity contribution in [2.75, 3.05) is 18.6 Å². The highest BCUT2D eigenvalue weighted by Gasteiger charge is 2.30. The first kappa shape index (κ1) is 21.2. The molecule has 0 spiro atoms. The van der Waals surface area contributed by atoms with Crippen LogP contribution < -0.4 is 16.4 Å². The van der Waals surface area contributed by atoms with Gasteiger partial charge in [-0.25, -0.2) is 0 Å². The SMILES string of the molecule is CSCCC(NC(=O)c1cccc([N+](=O)[O-])c1)C(=O)NC1CCCC1CN. The molecule has 4 N–H and O–H groups in total. The predicted molar refractivity (Wildman–Crippen MR) is 106 cm³/mol. The number of hydrogen-bond donors (Lipinski definition) is 3. The normalized spacial score (nSPS) is 20.1. The van der Waals surface area contributed by atoms with Crippen LogP contribution in [0.2, 0.25) is 0 Å².